The van der Waals surface area contributed by atoms with Gasteiger partial charge < -0.3 is 19.9 Å². The Hall–Kier alpha value is -1.75. The van der Waals surface area contributed by atoms with Gasteiger partial charge in [0.25, 0.3) is 0 Å². The molecule has 2 aromatic rings. The molecule has 2 rings (SSSR count). The van der Waals surface area contributed by atoms with Gasteiger partial charge in [0.1, 0.15) is 6.61 Å². The lowest BCUT2D eigenvalue weighted by molar-refractivity contribution is 0.191. The Labute approximate surface area is 142 Å². The molecule has 0 amide bonds. The number of rotatable bonds is 8. The first-order valence-electron chi connectivity index (χ1n) is 7.51. The van der Waals surface area contributed by atoms with Crippen LogP contribution in [0.5, 0.6) is 11.5 Å². The third-order valence-electron chi connectivity index (χ3n) is 3.28. The quantitative estimate of drug-likeness (QED) is 0.776. The number of methoxy groups -OCH3 is 1. The van der Waals surface area contributed by atoms with Gasteiger partial charge in [0, 0.05) is 18.1 Å². The van der Waals surface area contributed by atoms with Crippen LogP contribution in [0.15, 0.2) is 42.5 Å². The Kier molecular flexibility index (Phi) is 6.71. The second-order valence-electron chi connectivity index (χ2n) is 5.38. The fourth-order valence-corrected chi connectivity index (χ4v) is 2.37. The molecule has 23 heavy (non-hydrogen) atoms. The molecule has 0 saturated heterocycles. The summed E-state index contributed by atoms with van der Waals surface area (Å²) >= 11 is 5.97. The minimum absolute atomic E-state index is 0.364. The minimum Gasteiger partial charge on any atom is -0.493 e. The van der Waals surface area contributed by atoms with E-state index in [1.807, 2.05) is 42.5 Å². The predicted molar refractivity (Wildman–Crippen MR) is 92.2 cm³/mol. The highest BCUT2D eigenvalue weighted by molar-refractivity contribution is 6.30. The van der Waals surface area contributed by atoms with Crippen LogP contribution < -0.4 is 14.8 Å². The summed E-state index contributed by atoms with van der Waals surface area (Å²) in [7, 11) is 1.62. The highest BCUT2D eigenvalue weighted by atomic mass is 35.5. The molecule has 0 fully saturated rings. The molecule has 4 nitrogen and oxygen atoms in total. The minimum atomic E-state index is -0.364. The topological polar surface area (TPSA) is 50.7 Å². The molecule has 0 aromatic heterocycles. The van der Waals surface area contributed by atoms with Crippen molar-refractivity contribution in [1.82, 2.24) is 5.32 Å². The summed E-state index contributed by atoms with van der Waals surface area (Å²) in [6.45, 7) is 3.39. The standard InChI is InChI=1S/C18H22ClNO3/c1-13(21)10-20-11-14-6-7-17(18(9-14)22-2)23-12-15-4-3-5-16(19)8-15/h3-9,13,20-21H,10-12H2,1-2H3/t13-/m0/s1. The zero-order valence-corrected chi connectivity index (χ0v) is 14.1. The fourth-order valence-electron chi connectivity index (χ4n) is 2.15. The van der Waals surface area contributed by atoms with Crippen LogP contribution in [-0.2, 0) is 13.2 Å². The maximum Gasteiger partial charge on any atom is 0.161 e. The van der Waals surface area contributed by atoms with Gasteiger partial charge in [-0.2, -0.15) is 0 Å². The third kappa shape index (κ3) is 5.75. The van der Waals surface area contributed by atoms with E-state index in [0.717, 1.165) is 11.1 Å². The second-order valence-corrected chi connectivity index (χ2v) is 5.82. The number of hydrogen-bond donors (Lipinski definition) is 2. The predicted octanol–water partition coefficient (Wildman–Crippen LogP) is 3.40. The molecule has 2 N–H and O–H groups in total. The lowest BCUT2D eigenvalue weighted by Crippen LogP contribution is -2.23. The number of aliphatic hydroxyl groups excluding tert-OH is 1. The van der Waals surface area contributed by atoms with Crippen LogP contribution in [0.25, 0.3) is 0 Å². The number of aliphatic hydroxyl groups is 1. The van der Waals surface area contributed by atoms with E-state index in [1.54, 1.807) is 14.0 Å². The second kappa shape index (κ2) is 8.77. The van der Waals surface area contributed by atoms with Crippen LogP contribution in [0.2, 0.25) is 5.02 Å². The van der Waals surface area contributed by atoms with Crippen molar-refractivity contribution in [1.29, 1.82) is 0 Å². The van der Waals surface area contributed by atoms with Crippen LogP contribution in [0.3, 0.4) is 0 Å². The Morgan fingerprint density at radius 3 is 2.65 bits per heavy atom. The molecular weight excluding hydrogens is 314 g/mol. The molecular formula is C18H22ClNO3. The number of hydrogen-bond acceptors (Lipinski definition) is 4. The Morgan fingerprint density at radius 1 is 1.13 bits per heavy atom. The number of benzene rings is 2. The molecule has 0 aliphatic carbocycles. The maximum atomic E-state index is 9.26. The normalized spacial score (nSPS) is 12.0. The van der Waals surface area contributed by atoms with E-state index in [9.17, 15) is 5.11 Å². The van der Waals surface area contributed by atoms with E-state index in [1.165, 1.54) is 0 Å². The molecule has 0 aliphatic heterocycles. The maximum absolute atomic E-state index is 9.26. The Morgan fingerprint density at radius 2 is 1.96 bits per heavy atom. The number of halogens is 1. The largest absolute Gasteiger partial charge is 0.493 e. The zero-order chi connectivity index (χ0) is 16.7. The van der Waals surface area contributed by atoms with Crippen molar-refractivity contribution in [3.63, 3.8) is 0 Å². The van der Waals surface area contributed by atoms with Crippen LogP contribution in [0, 0.1) is 0 Å². The first-order valence-corrected chi connectivity index (χ1v) is 7.89. The van der Waals surface area contributed by atoms with Gasteiger partial charge in [-0.05, 0) is 42.3 Å². The van der Waals surface area contributed by atoms with Gasteiger partial charge in [0.15, 0.2) is 11.5 Å². The summed E-state index contributed by atoms with van der Waals surface area (Å²) in [5.41, 5.74) is 2.07. The van der Waals surface area contributed by atoms with Gasteiger partial charge in [0.2, 0.25) is 0 Å². The van der Waals surface area contributed by atoms with E-state index in [0.29, 0.717) is 36.2 Å². The molecule has 2 aromatic carbocycles. The molecule has 0 saturated carbocycles. The monoisotopic (exact) mass is 335 g/mol. The molecule has 0 heterocycles. The molecule has 0 aliphatic rings. The van der Waals surface area contributed by atoms with Crippen molar-refractivity contribution < 1.29 is 14.6 Å². The van der Waals surface area contributed by atoms with E-state index < -0.39 is 0 Å². The van der Waals surface area contributed by atoms with Crippen molar-refractivity contribution in [2.24, 2.45) is 0 Å². The van der Waals surface area contributed by atoms with Crippen molar-refractivity contribution >= 4 is 11.6 Å². The van der Waals surface area contributed by atoms with E-state index in [4.69, 9.17) is 21.1 Å². The lowest BCUT2D eigenvalue weighted by atomic mass is 10.2. The van der Waals surface area contributed by atoms with Crippen LogP contribution >= 0.6 is 11.6 Å². The van der Waals surface area contributed by atoms with Gasteiger partial charge in [-0.25, -0.2) is 0 Å². The highest BCUT2D eigenvalue weighted by Gasteiger charge is 2.07. The fraction of sp³-hybridized carbons (Fsp3) is 0.333. The third-order valence-corrected chi connectivity index (χ3v) is 3.52. The molecule has 0 spiro atoms. The molecule has 0 radical (unpaired) electrons. The summed E-state index contributed by atoms with van der Waals surface area (Å²) < 4.78 is 11.2. The first-order chi connectivity index (χ1) is 11.1. The SMILES string of the molecule is COc1cc(CNC[C@H](C)O)ccc1OCc1cccc(Cl)c1. The van der Waals surface area contributed by atoms with Gasteiger partial charge in [-0.1, -0.05) is 29.8 Å². The Balaban J connectivity index is 1.98. The smallest absolute Gasteiger partial charge is 0.161 e. The average Bonchev–Trinajstić information content (AvgIpc) is 2.53. The van der Waals surface area contributed by atoms with Gasteiger partial charge >= 0.3 is 0 Å². The molecule has 1 atom stereocenters. The molecule has 0 unspecified atom stereocenters. The summed E-state index contributed by atoms with van der Waals surface area (Å²) in [6.07, 6.45) is -0.364. The molecule has 0 bridgehead atoms. The zero-order valence-electron chi connectivity index (χ0n) is 13.4. The molecule has 124 valence electrons. The summed E-state index contributed by atoms with van der Waals surface area (Å²) in [5.74, 6) is 1.37. The van der Waals surface area contributed by atoms with Gasteiger partial charge in [-0.3, -0.25) is 0 Å². The van der Waals surface area contributed by atoms with Crippen LogP contribution in [0.1, 0.15) is 18.1 Å². The summed E-state index contributed by atoms with van der Waals surface area (Å²) in [6, 6.07) is 13.4. The highest BCUT2D eigenvalue weighted by Crippen LogP contribution is 2.29. The summed E-state index contributed by atoms with van der Waals surface area (Å²) in [5, 5.41) is 13.1. The van der Waals surface area contributed by atoms with Crippen molar-refractivity contribution in [2.45, 2.75) is 26.2 Å². The lowest BCUT2D eigenvalue weighted by Gasteiger charge is -2.13. The van der Waals surface area contributed by atoms with Crippen molar-refractivity contribution in [2.75, 3.05) is 13.7 Å². The van der Waals surface area contributed by atoms with Gasteiger partial charge in [0.05, 0.1) is 13.2 Å². The van der Waals surface area contributed by atoms with Crippen LogP contribution in [0.4, 0.5) is 0 Å². The first kappa shape index (κ1) is 17.6. The summed E-state index contributed by atoms with van der Waals surface area (Å²) in [4.78, 5) is 0. The van der Waals surface area contributed by atoms with E-state index in [-0.39, 0.29) is 6.10 Å². The number of nitrogens with one attached hydrogen (secondary N) is 1. The van der Waals surface area contributed by atoms with E-state index in [2.05, 4.69) is 5.32 Å². The van der Waals surface area contributed by atoms with E-state index >= 15 is 0 Å². The van der Waals surface area contributed by atoms with Gasteiger partial charge in [-0.15, -0.1) is 0 Å². The van der Waals surface area contributed by atoms with Crippen LogP contribution in [-0.4, -0.2) is 24.9 Å². The average molecular weight is 336 g/mol. The molecule has 5 heteroatoms. The van der Waals surface area contributed by atoms with Crippen molar-refractivity contribution in [3.05, 3.63) is 58.6 Å². The number of ether oxygens (including phenoxy) is 2. The Bertz CT molecular complexity index is 631. The van der Waals surface area contributed by atoms with Crippen molar-refractivity contribution in [3.8, 4) is 11.5 Å².